The normalized spacial score (nSPS) is 20.6. The average Bonchev–Trinajstić information content (AvgIpc) is 3.55. The SMILES string of the molecule is O=C1CCC(=O)N1Cc1sc2c(-c3cc(Cl)cc4c3N([C@@H]3CCNC3)CCC4)ccnc2c1F. The minimum atomic E-state index is -0.456. The molecule has 2 aromatic heterocycles. The Morgan fingerprint density at radius 1 is 1.18 bits per heavy atom. The van der Waals surface area contributed by atoms with Crippen LogP contribution in [0.3, 0.4) is 0 Å². The Balaban J connectivity index is 1.49. The first-order valence-electron chi connectivity index (χ1n) is 11.7. The highest BCUT2D eigenvalue weighted by Crippen LogP contribution is 2.45. The van der Waals surface area contributed by atoms with Gasteiger partial charge in [0.1, 0.15) is 5.52 Å². The van der Waals surface area contributed by atoms with Gasteiger partial charge in [0.05, 0.1) is 16.1 Å². The van der Waals surface area contributed by atoms with Crippen LogP contribution in [0.1, 0.15) is 36.1 Å². The quantitative estimate of drug-likeness (QED) is 0.536. The van der Waals surface area contributed by atoms with Crippen molar-refractivity contribution in [3.05, 3.63) is 45.7 Å². The molecule has 3 aromatic rings. The standard InChI is InChI=1S/C25H24ClFN4O2S/c26-15-10-14-2-1-9-30(16-5-7-28-12-16)24(14)18(11-15)17-6-8-29-23-22(27)19(34-25(17)23)13-31-20(32)3-4-21(31)33/h6,8,10-11,16,28H,1-5,7,9,12-13H2/t16-/m1/s1. The van der Waals surface area contributed by atoms with Gasteiger partial charge in [-0.3, -0.25) is 19.5 Å². The van der Waals surface area contributed by atoms with Crippen molar-refractivity contribution in [1.82, 2.24) is 15.2 Å². The molecule has 0 bridgehead atoms. The van der Waals surface area contributed by atoms with Gasteiger partial charge in [-0.1, -0.05) is 11.6 Å². The minimum absolute atomic E-state index is 0.0442. The van der Waals surface area contributed by atoms with Crippen molar-refractivity contribution >= 4 is 50.7 Å². The molecule has 5 heterocycles. The molecule has 3 aliphatic heterocycles. The van der Waals surface area contributed by atoms with Crippen LogP contribution in [-0.4, -0.2) is 47.4 Å². The lowest BCUT2D eigenvalue weighted by Gasteiger charge is -2.38. The lowest BCUT2D eigenvalue weighted by molar-refractivity contribution is -0.139. The Labute approximate surface area is 205 Å². The van der Waals surface area contributed by atoms with Crippen molar-refractivity contribution in [2.24, 2.45) is 0 Å². The molecule has 34 heavy (non-hydrogen) atoms. The number of amides is 2. The highest BCUT2D eigenvalue weighted by molar-refractivity contribution is 7.19. The molecule has 0 aliphatic carbocycles. The van der Waals surface area contributed by atoms with Gasteiger partial charge in [-0.25, -0.2) is 4.39 Å². The summed E-state index contributed by atoms with van der Waals surface area (Å²) in [6, 6.07) is 6.36. The summed E-state index contributed by atoms with van der Waals surface area (Å²) < 4.78 is 16.1. The predicted octanol–water partition coefficient (Wildman–Crippen LogP) is 4.52. The van der Waals surface area contributed by atoms with E-state index in [1.54, 1.807) is 6.20 Å². The van der Waals surface area contributed by atoms with Crippen molar-refractivity contribution < 1.29 is 14.0 Å². The van der Waals surface area contributed by atoms with Crippen LogP contribution in [-0.2, 0) is 22.6 Å². The van der Waals surface area contributed by atoms with Crippen LogP contribution in [0.4, 0.5) is 10.1 Å². The zero-order valence-electron chi connectivity index (χ0n) is 18.6. The highest BCUT2D eigenvalue weighted by atomic mass is 35.5. The molecule has 0 spiro atoms. The van der Waals surface area contributed by atoms with E-state index in [1.165, 1.54) is 22.6 Å². The first kappa shape index (κ1) is 21.9. The predicted molar refractivity (Wildman–Crippen MR) is 132 cm³/mol. The Hall–Kier alpha value is -2.55. The fourth-order valence-corrected chi connectivity index (χ4v) is 6.87. The fourth-order valence-electron chi connectivity index (χ4n) is 5.48. The molecule has 3 aliphatic rings. The summed E-state index contributed by atoms with van der Waals surface area (Å²) in [5, 5.41) is 4.13. The van der Waals surface area contributed by atoms with E-state index in [2.05, 4.69) is 21.3 Å². The maximum Gasteiger partial charge on any atom is 0.230 e. The maximum absolute atomic E-state index is 15.4. The number of hydrogen-bond acceptors (Lipinski definition) is 6. The number of benzene rings is 1. The molecule has 176 valence electrons. The Kier molecular flexibility index (Phi) is 5.54. The van der Waals surface area contributed by atoms with E-state index in [4.69, 9.17) is 11.6 Å². The van der Waals surface area contributed by atoms with Crippen molar-refractivity contribution in [1.29, 1.82) is 0 Å². The first-order chi connectivity index (χ1) is 16.5. The Morgan fingerprint density at radius 3 is 2.76 bits per heavy atom. The molecule has 1 atom stereocenters. The van der Waals surface area contributed by atoms with Crippen LogP contribution in [0.2, 0.25) is 5.02 Å². The van der Waals surface area contributed by atoms with Gasteiger partial charge < -0.3 is 10.2 Å². The van der Waals surface area contributed by atoms with E-state index in [0.717, 1.165) is 54.9 Å². The topological polar surface area (TPSA) is 65.5 Å². The maximum atomic E-state index is 15.4. The summed E-state index contributed by atoms with van der Waals surface area (Å²) >= 11 is 7.84. The summed E-state index contributed by atoms with van der Waals surface area (Å²) in [7, 11) is 0. The molecule has 0 unspecified atom stereocenters. The van der Waals surface area contributed by atoms with Gasteiger partial charge in [-0.05, 0) is 49.6 Å². The number of aryl methyl sites for hydroxylation is 1. The van der Waals surface area contributed by atoms with Gasteiger partial charge in [0, 0.05) is 60.0 Å². The number of nitrogens with zero attached hydrogens (tertiary/aromatic N) is 3. The second kappa shape index (κ2) is 8.59. The van der Waals surface area contributed by atoms with Crippen LogP contribution < -0.4 is 10.2 Å². The van der Waals surface area contributed by atoms with Crippen molar-refractivity contribution in [3.63, 3.8) is 0 Å². The number of anilines is 1. The van der Waals surface area contributed by atoms with Crippen LogP contribution in [0.5, 0.6) is 0 Å². The molecule has 0 radical (unpaired) electrons. The number of carbonyl (C=O) groups is 2. The number of aromatic nitrogens is 1. The molecule has 2 amide bonds. The number of imide groups is 1. The number of nitrogens with one attached hydrogen (secondary N) is 1. The molecule has 9 heteroatoms. The summed E-state index contributed by atoms with van der Waals surface area (Å²) in [5.74, 6) is -0.957. The molecule has 1 N–H and O–H groups in total. The second-order valence-electron chi connectivity index (χ2n) is 9.15. The van der Waals surface area contributed by atoms with Crippen molar-refractivity contribution in [3.8, 4) is 11.1 Å². The van der Waals surface area contributed by atoms with Crippen LogP contribution in [0.25, 0.3) is 21.3 Å². The minimum Gasteiger partial charge on any atom is -0.366 e. The zero-order valence-corrected chi connectivity index (χ0v) is 20.1. The smallest absolute Gasteiger partial charge is 0.230 e. The van der Waals surface area contributed by atoms with Gasteiger partial charge in [0.2, 0.25) is 11.8 Å². The molecule has 6 rings (SSSR count). The average molecular weight is 499 g/mol. The molecular formula is C25H24ClFN4O2S. The lowest BCUT2D eigenvalue weighted by Crippen LogP contribution is -2.40. The van der Waals surface area contributed by atoms with Gasteiger partial charge in [0.15, 0.2) is 5.82 Å². The molecular weight excluding hydrogens is 475 g/mol. The third kappa shape index (κ3) is 3.59. The number of fused-ring (bicyclic) bond motifs is 2. The number of rotatable bonds is 4. The number of hydrogen-bond donors (Lipinski definition) is 1. The van der Waals surface area contributed by atoms with Gasteiger partial charge in [-0.15, -0.1) is 11.3 Å². The number of likely N-dealkylation sites (tertiary alicyclic amines) is 1. The number of carbonyl (C=O) groups excluding carboxylic acids is 2. The third-order valence-corrected chi connectivity index (χ3v) is 8.48. The Bertz CT molecular complexity index is 1300. The summed E-state index contributed by atoms with van der Waals surface area (Å²) in [6.45, 7) is 2.89. The molecule has 2 saturated heterocycles. The van der Waals surface area contributed by atoms with Crippen LogP contribution in [0.15, 0.2) is 24.4 Å². The Morgan fingerprint density at radius 2 is 2.00 bits per heavy atom. The van der Waals surface area contributed by atoms with E-state index in [0.29, 0.717) is 20.6 Å². The molecule has 6 nitrogen and oxygen atoms in total. The van der Waals surface area contributed by atoms with E-state index in [1.807, 2.05) is 12.1 Å². The zero-order chi connectivity index (χ0) is 23.4. The van der Waals surface area contributed by atoms with Gasteiger partial charge in [-0.2, -0.15) is 0 Å². The lowest BCUT2D eigenvalue weighted by atomic mass is 9.92. The van der Waals surface area contributed by atoms with Crippen LogP contribution >= 0.6 is 22.9 Å². The van der Waals surface area contributed by atoms with Gasteiger partial charge >= 0.3 is 0 Å². The van der Waals surface area contributed by atoms with E-state index >= 15 is 4.39 Å². The van der Waals surface area contributed by atoms with E-state index in [9.17, 15) is 9.59 Å². The van der Waals surface area contributed by atoms with Crippen molar-refractivity contribution in [2.45, 2.75) is 44.7 Å². The highest BCUT2D eigenvalue weighted by Gasteiger charge is 2.32. The first-order valence-corrected chi connectivity index (χ1v) is 12.9. The number of halogens is 2. The van der Waals surface area contributed by atoms with Gasteiger partial charge in [0.25, 0.3) is 0 Å². The van der Waals surface area contributed by atoms with E-state index in [-0.39, 0.29) is 36.7 Å². The number of thiophene rings is 1. The van der Waals surface area contributed by atoms with Crippen molar-refractivity contribution in [2.75, 3.05) is 24.5 Å². The number of pyridine rings is 1. The second-order valence-corrected chi connectivity index (χ2v) is 10.7. The fraction of sp³-hybridized carbons (Fsp3) is 0.400. The summed E-state index contributed by atoms with van der Waals surface area (Å²) in [6.07, 6.45) is 5.12. The summed E-state index contributed by atoms with van der Waals surface area (Å²) in [5.41, 5.74) is 4.54. The molecule has 0 saturated carbocycles. The third-order valence-electron chi connectivity index (χ3n) is 7.09. The molecule has 2 fully saturated rings. The largest absolute Gasteiger partial charge is 0.366 e. The summed E-state index contributed by atoms with van der Waals surface area (Å²) in [4.78, 5) is 32.5. The molecule has 1 aromatic carbocycles. The van der Waals surface area contributed by atoms with Crippen LogP contribution in [0, 0.1) is 5.82 Å². The monoisotopic (exact) mass is 498 g/mol. The van der Waals surface area contributed by atoms with E-state index < -0.39 is 5.82 Å².